The topological polar surface area (TPSA) is 56.2 Å². The molecule has 4 rings (SSSR count). The molecule has 3 aromatic heterocycles. The molecular formula is C27H30N4O2. The smallest absolute Gasteiger partial charge is 0.246 e. The average molecular weight is 443 g/mol. The number of hydrogen-bond acceptors (Lipinski definition) is 3. The standard InChI is InChI=1S/C27H30N4O2/c1-19-16-23(21(3)30(19)17-25-12-9-15-33-25)13-14-27(32)29(5)18-26-20(2)28-31(22(26)4)24-10-7-6-8-11-24/h6-16H,17-18H2,1-5H3/b14-13+. The fraction of sp³-hybridized carbons (Fsp3) is 0.259. The van der Waals surface area contributed by atoms with Gasteiger partial charge < -0.3 is 13.9 Å². The van der Waals surface area contributed by atoms with Crippen LogP contribution in [-0.4, -0.2) is 32.2 Å². The van der Waals surface area contributed by atoms with Crippen LogP contribution < -0.4 is 0 Å². The summed E-state index contributed by atoms with van der Waals surface area (Å²) in [5, 5.41) is 4.69. The molecule has 6 nitrogen and oxygen atoms in total. The normalized spacial score (nSPS) is 11.4. The van der Waals surface area contributed by atoms with E-state index < -0.39 is 0 Å². The van der Waals surface area contributed by atoms with Crippen LogP contribution in [0.3, 0.4) is 0 Å². The van der Waals surface area contributed by atoms with E-state index in [-0.39, 0.29) is 5.91 Å². The van der Waals surface area contributed by atoms with Gasteiger partial charge in [0.25, 0.3) is 0 Å². The summed E-state index contributed by atoms with van der Waals surface area (Å²) in [5.74, 6) is 0.863. The van der Waals surface area contributed by atoms with Crippen molar-refractivity contribution in [2.75, 3.05) is 7.05 Å². The molecule has 0 unspecified atom stereocenters. The van der Waals surface area contributed by atoms with Gasteiger partial charge in [-0.05, 0) is 69.7 Å². The van der Waals surface area contributed by atoms with Crippen molar-refractivity contribution in [3.63, 3.8) is 0 Å². The maximum atomic E-state index is 12.9. The number of likely N-dealkylation sites (N-methyl/N-ethyl adjacent to an activating group) is 1. The molecule has 0 aliphatic heterocycles. The Morgan fingerprint density at radius 2 is 1.82 bits per heavy atom. The molecule has 0 N–H and O–H groups in total. The highest BCUT2D eigenvalue weighted by Crippen LogP contribution is 2.21. The van der Waals surface area contributed by atoms with Gasteiger partial charge in [0.1, 0.15) is 5.76 Å². The second kappa shape index (κ2) is 9.36. The summed E-state index contributed by atoms with van der Waals surface area (Å²) >= 11 is 0. The summed E-state index contributed by atoms with van der Waals surface area (Å²) in [6.45, 7) is 9.35. The summed E-state index contributed by atoms with van der Waals surface area (Å²) in [7, 11) is 1.82. The van der Waals surface area contributed by atoms with E-state index >= 15 is 0 Å². The minimum Gasteiger partial charge on any atom is -0.467 e. The molecule has 3 heterocycles. The Hall–Kier alpha value is -3.80. The number of aryl methyl sites for hydroxylation is 2. The van der Waals surface area contributed by atoms with E-state index in [1.165, 1.54) is 0 Å². The lowest BCUT2D eigenvalue weighted by molar-refractivity contribution is -0.125. The largest absolute Gasteiger partial charge is 0.467 e. The van der Waals surface area contributed by atoms with Crippen LogP contribution in [0.5, 0.6) is 0 Å². The number of rotatable bonds is 7. The fourth-order valence-electron chi connectivity index (χ4n) is 4.13. The Morgan fingerprint density at radius 1 is 1.06 bits per heavy atom. The van der Waals surface area contributed by atoms with E-state index in [9.17, 15) is 4.79 Å². The maximum Gasteiger partial charge on any atom is 0.246 e. The fourth-order valence-corrected chi connectivity index (χ4v) is 4.13. The first-order valence-corrected chi connectivity index (χ1v) is 11.1. The molecule has 0 radical (unpaired) electrons. The van der Waals surface area contributed by atoms with Crippen LogP contribution in [0.15, 0.2) is 65.3 Å². The van der Waals surface area contributed by atoms with E-state index in [1.54, 1.807) is 17.2 Å². The van der Waals surface area contributed by atoms with Gasteiger partial charge in [-0.25, -0.2) is 4.68 Å². The molecule has 0 saturated carbocycles. The van der Waals surface area contributed by atoms with Gasteiger partial charge >= 0.3 is 0 Å². The molecule has 1 amide bonds. The van der Waals surface area contributed by atoms with E-state index in [0.717, 1.165) is 45.4 Å². The second-order valence-electron chi connectivity index (χ2n) is 8.42. The number of aromatic nitrogens is 3. The minimum atomic E-state index is -0.0444. The lowest BCUT2D eigenvalue weighted by Crippen LogP contribution is -2.24. The van der Waals surface area contributed by atoms with Gasteiger partial charge in [0.2, 0.25) is 5.91 Å². The van der Waals surface area contributed by atoms with Crippen molar-refractivity contribution in [1.82, 2.24) is 19.2 Å². The lowest BCUT2D eigenvalue weighted by atomic mass is 10.1. The van der Waals surface area contributed by atoms with Crippen molar-refractivity contribution >= 4 is 12.0 Å². The number of para-hydroxylation sites is 1. The second-order valence-corrected chi connectivity index (χ2v) is 8.42. The number of carbonyl (C=O) groups is 1. The van der Waals surface area contributed by atoms with Crippen molar-refractivity contribution < 1.29 is 9.21 Å². The van der Waals surface area contributed by atoms with Crippen LogP contribution in [0.1, 0.15) is 39.7 Å². The van der Waals surface area contributed by atoms with Gasteiger partial charge in [-0.3, -0.25) is 4.79 Å². The van der Waals surface area contributed by atoms with Crippen LogP contribution in [-0.2, 0) is 17.9 Å². The first kappa shape index (κ1) is 22.4. The zero-order valence-electron chi connectivity index (χ0n) is 19.9. The molecule has 170 valence electrons. The Kier molecular flexibility index (Phi) is 6.36. The van der Waals surface area contributed by atoms with Crippen molar-refractivity contribution in [2.24, 2.45) is 0 Å². The Morgan fingerprint density at radius 3 is 2.52 bits per heavy atom. The summed E-state index contributed by atoms with van der Waals surface area (Å²) in [5.41, 5.74) is 7.33. The van der Waals surface area contributed by atoms with E-state index in [4.69, 9.17) is 9.52 Å². The van der Waals surface area contributed by atoms with Gasteiger partial charge in [0.15, 0.2) is 0 Å². The molecule has 0 aliphatic carbocycles. The Balaban J connectivity index is 1.47. The van der Waals surface area contributed by atoms with Crippen LogP contribution in [0, 0.1) is 27.7 Å². The number of furan rings is 1. The lowest BCUT2D eigenvalue weighted by Gasteiger charge is -2.15. The molecule has 0 bridgehead atoms. The summed E-state index contributed by atoms with van der Waals surface area (Å²) in [4.78, 5) is 14.6. The molecule has 33 heavy (non-hydrogen) atoms. The highest BCUT2D eigenvalue weighted by Gasteiger charge is 2.16. The zero-order chi connectivity index (χ0) is 23.5. The van der Waals surface area contributed by atoms with Gasteiger partial charge in [0.05, 0.1) is 24.2 Å². The predicted molar refractivity (Wildman–Crippen MR) is 130 cm³/mol. The quantitative estimate of drug-likeness (QED) is 0.369. The molecule has 0 aliphatic rings. The number of amides is 1. The summed E-state index contributed by atoms with van der Waals surface area (Å²) in [6.07, 6.45) is 5.23. The number of carbonyl (C=O) groups excluding carboxylic acids is 1. The SMILES string of the molecule is Cc1nn(-c2ccccc2)c(C)c1CN(C)C(=O)/C=C/c1cc(C)n(Cc2ccco2)c1C. The molecule has 0 saturated heterocycles. The minimum absolute atomic E-state index is 0.0444. The first-order chi connectivity index (χ1) is 15.8. The van der Waals surface area contributed by atoms with Gasteiger partial charge in [-0.1, -0.05) is 18.2 Å². The summed E-state index contributed by atoms with van der Waals surface area (Å²) < 4.78 is 9.61. The van der Waals surface area contributed by atoms with Gasteiger partial charge in [0, 0.05) is 42.3 Å². The van der Waals surface area contributed by atoms with Crippen LogP contribution in [0.25, 0.3) is 11.8 Å². The van der Waals surface area contributed by atoms with Crippen LogP contribution in [0.4, 0.5) is 0 Å². The van der Waals surface area contributed by atoms with E-state index in [1.807, 2.05) is 74.1 Å². The number of hydrogen-bond donors (Lipinski definition) is 0. The van der Waals surface area contributed by atoms with Crippen LogP contribution in [0.2, 0.25) is 0 Å². The molecule has 0 fully saturated rings. The average Bonchev–Trinajstić information content (AvgIpc) is 3.49. The van der Waals surface area contributed by atoms with Crippen molar-refractivity contribution in [3.05, 3.63) is 101 Å². The van der Waals surface area contributed by atoms with Crippen molar-refractivity contribution in [2.45, 2.75) is 40.8 Å². The third-order valence-corrected chi connectivity index (χ3v) is 6.13. The highest BCUT2D eigenvalue weighted by molar-refractivity contribution is 5.91. The van der Waals surface area contributed by atoms with Crippen molar-refractivity contribution in [3.8, 4) is 5.69 Å². The monoisotopic (exact) mass is 442 g/mol. The maximum absolute atomic E-state index is 12.9. The van der Waals surface area contributed by atoms with E-state index in [2.05, 4.69) is 24.5 Å². The molecule has 0 atom stereocenters. The van der Waals surface area contributed by atoms with Crippen LogP contribution >= 0.6 is 0 Å². The first-order valence-electron chi connectivity index (χ1n) is 11.1. The molecule has 1 aromatic carbocycles. The van der Waals surface area contributed by atoms with E-state index in [0.29, 0.717) is 13.1 Å². The summed E-state index contributed by atoms with van der Waals surface area (Å²) in [6, 6.07) is 16.0. The Bertz CT molecular complexity index is 1280. The molecule has 6 heteroatoms. The zero-order valence-corrected chi connectivity index (χ0v) is 19.9. The molecule has 0 spiro atoms. The number of nitrogens with zero attached hydrogens (tertiary/aromatic N) is 4. The van der Waals surface area contributed by atoms with Gasteiger partial charge in [-0.2, -0.15) is 5.10 Å². The third-order valence-electron chi connectivity index (χ3n) is 6.13. The molecular weight excluding hydrogens is 412 g/mol. The van der Waals surface area contributed by atoms with Crippen molar-refractivity contribution in [1.29, 1.82) is 0 Å². The third kappa shape index (κ3) is 4.70. The van der Waals surface area contributed by atoms with Gasteiger partial charge in [-0.15, -0.1) is 0 Å². The highest BCUT2D eigenvalue weighted by atomic mass is 16.3. The molecule has 4 aromatic rings. The number of benzene rings is 1. The predicted octanol–water partition coefficient (Wildman–Crippen LogP) is 5.22. The Labute approximate surface area is 194 Å².